The van der Waals surface area contributed by atoms with Crippen molar-refractivity contribution >= 4 is 11.6 Å². The zero-order valence-corrected chi connectivity index (χ0v) is 14.5. The highest BCUT2D eigenvalue weighted by atomic mass is 15.3. The van der Waals surface area contributed by atoms with Gasteiger partial charge in [0.2, 0.25) is 0 Å². The average molecular weight is 336 g/mol. The normalized spacial score (nSPS) is 20.6. The Bertz CT molecular complexity index is 737. The third kappa shape index (κ3) is 2.83. The summed E-state index contributed by atoms with van der Waals surface area (Å²) in [4.78, 5) is 22.7. The van der Waals surface area contributed by atoms with Crippen LogP contribution < -0.4 is 9.80 Å². The molecule has 0 bridgehead atoms. The van der Waals surface area contributed by atoms with E-state index in [9.17, 15) is 0 Å². The largest absolute Gasteiger partial charge is 0.356 e. The van der Waals surface area contributed by atoms with Crippen LogP contribution >= 0.6 is 0 Å². The van der Waals surface area contributed by atoms with E-state index >= 15 is 0 Å². The van der Waals surface area contributed by atoms with Crippen molar-refractivity contribution in [3.63, 3.8) is 0 Å². The summed E-state index contributed by atoms with van der Waals surface area (Å²) in [7, 11) is 0. The summed E-state index contributed by atoms with van der Waals surface area (Å²) in [6.45, 7) is 2.14. The highest BCUT2D eigenvalue weighted by molar-refractivity contribution is 5.51. The lowest BCUT2D eigenvalue weighted by Crippen LogP contribution is -2.47. The number of aromatic nitrogens is 4. The maximum absolute atomic E-state index is 4.63. The van der Waals surface area contributed by atoms with Gasteiger partial charge in [-0.3, -0.25) is 0 Å². The van der Waals surface area contributed by atoms with Crippen molar-refractivity contribution in [2.45, 2.75) is 57.0 Å². The average Bonchev–Trinajstić information content (AvgIpc) is 3.38. The molecule has 0 atom stereocenters. The lowest BCUT2D eigenvalue weighted by molar-refractivity contribution is 0.456. The van der Waals surface area contributed by atoms with Crippen LogP contribution in [0, 0.1) is 0 Å². The van der Waals surface area contributed by atoms with Gasteiger partial charge in [0, 0.05) is 42.6 Å². The summed E-state index contributed by atoms with van der Waals surface area (Å²) < 4.78 is 0. The van der Waals surface area contributed by atoms with E-state index in [0.717, 1.165) is 31.7 Å². The van der Waals surface area contributed by atoms with E-state index in [2.05, 4.69) is 35.8 Å². The first kappa shape index (κ1) is 15.0. The highest BCUT2D eigenvalue weighted by Gasteiger charge is 2.37. The fraction of sp³-hybridized carbons (Fsp3) is 0.579. The fourth-order valence-electron chi connectivity index (χ4n) is 4.43. The van der Waals surface area contributed by atoms with E-state index < -0.39 is 0 Å². The molecule has 130 valence electrons. The Morgan fingerprint density at radius 1 is 0.920 bits per heavy atom. The van der Waals surface area contributed by atoms with E-state index in [4.69, 9.17) is 0 Å². The van der Waals surface area contributed by atoms with Crippen LogP contribution in [0.4, 0.5) is 11.6 Å². The molecular weight excluding hydrogens is 312 g/mol. The van der Waals surface area contributed by atoms with Crippen molar-refractivity contribution in [1.82, 2.24) is 19.9 Å². The van der Waals surface area contributed by atoms with Crippen LogP contribution in [0.1, 0.15) is 43.4 Å². The zero-order valence-electron chi connectivity index (χ0n) is 14.5. The van der Waals surface area contributed by atoms with Gasteiger partial charge in [0.25, 0.3) is 0 Å². The lowest BCUT2D eigenvalue weighted by atomic mass is 10.0. The zero-order chi connectivity index (χ0) is 16.6. The van der Waals surface area contributed by atoms with Gasteiger partial charge in [0.15, 0.2) is 0 Å². The minimum atomic E-state index is 0.577. The molecule has 6 nitrogen and oxygen atoms in total. The van der Waals surface area contributed by atoms with Gasteiger partial charge in [-0.15, -0.1) is 0 Å². The first-order chi connectivity index (χ1) is 12.4. The van der Waals surface area contributed by atoms with E-state index in [1.165, 1.54) is 49.2 Å². The Morgan fingerprint density at radius 2 is 1.76 bits per heavy atom. The number of aryl methyl sites for hydroxylation is 1. The molecule has 3 aliphatic rings. The van der Waals surface area contributed by atoms with Gasteiger partial charge in [-0.05, 0) is 51.0 Å². The van der Waals surface area contributed by atoms with Crippen LogP contribution in [0.25, 0.3) is 0 Å². The SMILES string of the molecule is c1cc(N(C2CC2)C2CCN(c3ncnc4c3CCC4)CC2)ncn1. The molecule has 2 fully saturated rings. The molecule has 1 saturated heterocycles. The quantitative estimate of drug-likeness (QED) is 0.854. The Balaban J connectivity index is 1.32. The Morgan fingerprint density at radius 3 is 2.52 bits per heavy atom. The number of anilines is 2. The minimum Gasteiger partial charge on any atom is -0.356 e. The number of nitrogens with zero attached hydrogens (tertiary/aromatic N) is 6. The number of rotatable bonds is 4. The highest BCUT2D eigenvalue weighted by Crippen LogP contribution is 2.36. The summed E-state index contributed by atoms with van der Waals surface area (Å²) >= 11 is 0. The van der Waals surface area contributed by atoms with Crippen LogP contribution in [-0.4, -0.2) is 45.1 Å². The molecule has 1 saturated carbocycles. The van der Waals surface area contributed by atoms with Gasteiger partial charge in [-0.25, -0.2) is 19.9 Å². The van der Waals surface area contributed by atoms with Crippen molar-refractivity contribution in [3.8, 4) is 0 Å². The smallest absolute Gasteiger partial charge is 0.135 e. The minimum absolute atomic E-state index is 0.577. The van der Waals surface area contributed by atoms with Crippen LogP contribution in [0.2, 0.25) is 0 Å². The predicted octanol–water partition coefficient (Wildman–Crippen LogP) is 2.39. The van der Waals surface area contributed by atoms with Gasteiger partial charge >= 0.3 is 0 Å². The first-order valence-corrected chi connectivity index (χ1v) is 9.52. The van der Waals surface area contributed by atoms with Gasteiger partial charge in [0.05, 0.1) is 0 Å². The maximum atomic E-state index is 4.63. The molecule has 25 heavy (non-hydrogen) atoms. The topological polar surface area (TPSA) is 58.0 Å². The number of piperidine rings is 1. The molecule has 0 aromatic carbocycles. The van der Waals surface area contributed by atoms with E-state index in [-0.39, 0.29) is 0 Å². The first-order valence-electron chi connectivity index (χ1n) is 9.52. The Kier molecular flexibility index (Phi) is 3.76. The summed E-state index contributed by atoms with van der Waals surface area (Å²) in [6, 6.07) is 3.31. The molecule has 0 amide bonds. The predicted molar refractivity (Wildman–Crippen MR) is 96.8 cm³/mol. The van der Waals surface area contributed by atoms with Crippen molar-refractivity contribution in [2.24, 2.45) is 0 Å². The summed E-state index contributed by atoms with van der Waals surface area (Å²) in [5, 5.41) is 0. The summed E-state index contributed by atoms with van der Waals surface area (Å²) in [6.07, 6.45) is 13.7. The molecule has 2 aliphatic carbocycles. The molecule has 6 heteroatoms. The third-order valence-electron chi connectivity index (χ3n) is 5.78. The van der Waals surface area contributed by atoms with E-state index in [1.54, 1.807) is 12.7 Å². The number of hydrogen-bond acceptors (Lipinski definition) is 6. The molecule has 2 aromatic rings. The molecule has 0 N–H and O–H groups in total. The molecule has 2 aromatic heterocycles. The molecular formula is C19H24N6. The Hall–Kier alpha value is -2.24. The van der Waals surface area contributed by atoms with Crippen LogP contribution in [-0.2, 0) is 12.8 Å². The second kappa shape index (κ2) is 6.24. The second-order valence-corrected chi connectivity index (χ2v) is 7.40. The van der Waals surface area contributed by atoms with Gasteiger partial charge in [-0.1, -0.05) is 0 Å². The van der Waals surface area contributed by atoms with E-state index in [1.807, 2.05) is 6.20 Å². The van der Waals surface area contributed by atoms with Crippen molar-refractivity contribution < 1.29 is 0 Å². The molecule has 3 heterocycles. The van der Waals surface area contributed by atoms with Crippen LogP contribution in [0.3, 0.4) is 0 Å². The van der Waals surface area contributed by atoms with Crippen molar-refractivity contribution in [3.05, 3.63) is 36.2 Å². The number of hydrogen-bond donors (Lipinski definition) is 0. The molecule has 0 spiro atoms. The molecule has 0 unspecified atom stereocenters. The molecule has 0 radical (unpaired) electrons. The fourth-order valence-corrected chi connectivity index (χ4v) is 4.43. The third-order valence-corrected chi connectivity index (χ3v) is 5.78. The molecule has 1 aliphatic heterocycles. The number of fused-ring (bicyclic) bond motifs is 1. The maximum Gasteiger partial charge on any atom is 0.135 e. The lowest BCUT2D eigenvalue weighted by Gasteiger charge is -2.40. The van der Waals surface area contributed by atoms with E-state index in [0.29, 0.717) is 12.1 Å². The summed E-state index contributed by atoms with van der Waals surface area (Å²) in [5.41, 5.74) is 2.67. The second-order valence-electron chi connectivity index (χ2n) is 7.40. The van der Waals surface area contributed by atoms with Crippen LogP contribution in [0.15, 0.2) is 24.9 Å². The standard InChI is InChI=1S/C19H24N6/c1-2-16-17(3-1)21-13-23-19(16)24-10-7-15(8-11-24)25(14-4-5-14)18-6-9-20-12-22-18/h6,9,12-15H,1-5,7-8,10-11H2. The van der Waals surface area contributed by atoms with Gasteiger partial charge in [-0.2, -0.15) is 0 Å². The molecule has 5 rings (SSSR count). The van der Waals surface area contributed by atoms with Crippen molar-refractivity contribution in [2.75, 3.05) is 22.9 Å². The monoisotopic (exact) mass is 336 g/mol. The van der Waals surface area contributed by atoms with Crippen molar-refractivity contribution in [1.29, 1.82) is 0 Å². The van der Waals surface area contributed by atoms with Gasteiger partial charge in [0.1, 0.15) is 24.3 Å². The van der Waals surface area contributed by atoms with Gasteiger partial charge < -0.3 is 9.80 Å². The summed E-state index contributed by atoms with van der Waals surface area (Å²) in [5.74, 6) is 2.29. The Labute approximate surface area is 148 Å². The van der Waals surface area contributed by atoms with Crippen LogP contribution in [0.5, 0.6) is 0 Å².